The van der Waals surface area contributed by atoms with E-state index >= 15 is 0 Å². The summed E-state index contributed by atoms with van der Waals surface area (Å²) in [7, 11) is 0. The average Bonchev–Trinajstić information content (AvgIpc) is 2.74. The molecule has 0 aliphatic heterocycles. The highest BCUT2D eigenvalue weighted by molar-refractivity contribution is 7.09. The van der Waals surface area contributed by atoms with Crippen LogP contribution in [0, 0.1) is 12.8 Å². The van der Waals surface area contributed by atoms with E-state index < -0.39 is 6.10 Å². The molecular formula is C14H26N2O2S. The maximum atomic E-state index is 9.74. The van der Waals surface area contributed by atoms with E-state index in [4.69, 9.17) is 4.74 Å². The Morgan fingerprint density at radius 2 is 2.26 bits per heavy atom. The van der Waals surface area contributed by atoms with Crippen LogP contribution in [-0.2, 0) is 11.3 Å². The predicted molar refractivity (Wildman–Crippen MR) is 79.5 cm³/mol. The summed E-state index contributed by atoms with van der Waals surface area (Å²) in [4.78, 5) is 4.35. The van der Waals surface area contributed by atoms with Crippen molar-refractivity contribution in [2.45, 2.75) is 46.3 Å². The molecule has 19 heavy (non-hydrogen) atoms. The van der Waals surface area contributed by atoms with Gasteiger partial charge in [0.25, 0.3) is 0 Å². The molecule has 4 nitrogen and oxygen atoms in total. The molecule has 0 radical (unpaired) electrons. The standard InChI is InChI=1S/C14H26N2O2S/c1-11(2)5-4-6-18-9-14(17)8-15-7-13-10-19-12(3)16-13/h10-11,14-15,17H,4-9H2,1-3H3. The molecule has 0 fully saturated rings. The molecule has 1 aromatic rings. The number of aromatic nitrogens is 1. The van der Waals surface area contributed by atoms with Crippen LogP contribution in [0.5, 0.6) is 0 Å². The number of aliphatic hydroxyl groups excluding tert-OH is 1. The van der Waals surface area contributed by atoms with E-state index in [1.165, 1.54) is 6.42 Å². The topological polar surface area (TPSA) is 54.4 Å². The number of nitrogens with zero attached hydrogens (tertiary/aromatic N) is 1. The highest BCUT2D eigenvalue weighted by Crippen LogP contribution is 2.07. The summed E-state index contributed by atoms with van der Waals surface area (Å²) in [6.07, 6.45) is 1.80. The van der Waals surface area contributed by atoms with Crippen LogP contribution >= 0.6 is 11.3 Å². The van der Waals surface area contributed by atoms with Gasteiger partial charge in [0.05, 0.1) is 23.4 Å². The van der Waals surface area contributed by atoms with Gasteiger partial charge in [-0.05, 0) is 25.7 Å². The molecule has 0 saturated carbocycles. The second-order valence-electron chi connectivity index (χ2n) is 5.25. The molecule has 2 N–H and O–H groups in total. The molecule has 0 aliphatic rings. The maximum Gasteiger partial charge on any atom is 0.0897 e. The molecule has 1 heterocycles. The third kappa shape index (κ3) is 8.31. The van der Waals surface area contributed by atoms with Crippen molar-refractivity contribution >= 4 is 11.3 Å². The van der Waals surface area contributed by atoms with Crippen molar-refractivity contribution in [2.75, 3.05) is 19.8 Å². The Morgan fingerprint density at radius 1 is 1.47 bits per heavy atom. The lowest BCUT2D eigenvalue weighted by Crippen LogP contribution is -2.30. The largest absolute Gasteiger partial charge is 0.389 e. The van der Waals surface area contributed by atoms with Gasteiger partial charge in [-0.2, -0.15) is 0 Å². The number of hydrogen-bond acceptors (Lipinski definition) is 5. The van der Waals surface area contributed by atoms with Crippen LogP contribution in [0.1, 0.15) is 37.4 Å². The molecule has 0 saturated heterocycles. The Balaban J connectivity index is 1.97. The summed E-state index contributed by atoms with van der Waals surface area (Å²) in [6, 6.07) is 0. The quantitative estimate of drug-likeness (QED) is 0.648. The summed E-state index contributed by atoms with van der Waals surface area (Å²) < 4.78 is 5.45. The van der Waals surface area contributed by atoms with E-state index in [0.29, 0.717) is 19.7 Å². The Hall–Kier alpha value is -0.490. The van der Waals surface area contributed by atoms with Crippen LogP contribution in [0.2, 0.25) is 0 Å². The summed E-state index contributed by atoms with van der Waals surface area (Å²) in [5.41, 5.74) is 1.03. The van der Waals surface area contributed by atoms with Crippen molar-refractivity contribution in [1.29, 1.82) is 0 Å². The normalized spacial score (nSPS) is 13.1. The lowest BCUT2D eigenvalue weighted by Gasteiger charge is -2.12. The number of nitrogens with one attached hydrogen (secondary N) is 1. The van der Waals surface area contributed by atoms with Crippen molar-refractivity contribution in [3.05, 3.63) is 16.1 Å². The molecule has 110 valence electrons. The zero-order chi connectivity index (χ0) is 14.1. The lowest BCUT2D eigenvalue weighted by atomic mass is 10.1. The van der Waals surface area contributed by atoms with Gasteiger partial charge in [-0.1, -0.05) is 13.8 Å². The van der Waals surface area contributed by atoms with Crippen molar-refractivity contribution < 1.29 is 9.84 Å². The van der Waals surface area contributed by atoms with Crippen LogP contribution in [0.4, 0.5) is 0 Å². The molecule has 1 rings (SSSR count). The highest BCUT2D eigenvalue weighted by atomic mass is 32.1. The van der Waals surface area contributed by atoms with Gasteiger partial charge in [0.1, 0.15) is 0 Å². The predicted octanol–water partition coefficient (Wildman–Crippen LogP) is 2.35. The van der Waals surface area contributed by atoms with Crippen molar-refractivity contribution in [3.8, 4) is 0 Å². The van der Waals surface area contributed by atoms with Crippen molar-refractivity contribution in [3.63, 3.8) is 0 Å². The highest BCUT2D eigenvalue weighted by Gasteiger charge is 2.05. The molecule has 5 heteroatoms. The Bertz CT molecular complexity index is 342. The maximum absolute atomic E-state index is 9.74. The number of aliphatic hydroxyl groups is 1. The summed E-state index contributed by atoms with van der Waals surface area (Å²) in [5.74, 6) is 0.719. The molecule has 0 bridgehead atoms. The number of rotatable bonds is 10. The van der Waals surface area contributed by atoms with Gasteiger partial charge in [0, 0.05) is 25.1 Å². The number of aryl methyl sites for hydroxylation is 1. The fourth-order valence-electron chi connectivity index (χ4n) is 1.73. The summed E-state index contributed by atoms with van der Waals surface area (Å²) in [5, 5.41) is 16.0. The van der Waals surface area contributed by atoms with Gasteiger partial charge in [0.15, 0.2) is 0 Å². The van der Waals surface area contributed by atoms with E-state index in [0.717, 1.165) is 29.6 Å². The first kappa shape index (κ1) is 16.6. The van der Waals surface area contributed by atoms with Gasteiger partial charge in [0.2, 0.25) is 0 Å². The van der Waals surface area contributed by atoms with Crippen molar-refractivity contribution in [2.24, 2.45) is 5.92 Å². The molecule has 1 aromatic heterocycles. The monoisotopic (exact) mass is 286 g/mol. The SMILES string of the molecule is Cc1nc(CNCC(O)COCCCC(C)C)cs1. The molecule has 0 amide bonds. The first-order valence-corrected chi connectivity index (χ1v) is 7.83. The average molecular weight is 286 g/mol. The summed E-state index contributed by atoms with van der Waals surface area (Å²) >= 11 is 1.65. The molecule has 0 spiro atoms. The minimum atomic E-state index is -0.446. The minimum absolute atomic E-state index is 0.404. The molecule has 1 atom stereocenters. The molecule has 0 aromatic carbocycles. The van der Waals surface area contributed by atoms with Gasteiger partial charge in [-0.25, -0.2) is 4.98 Å². The van der Waals surface area contributed by atoms with Gasteiger partial charge in [-0.15, -0.1) is 11.3 Å². The second kappa shape index (κ2) is 9.42. The van der Waals surface area contributed by atoms with Crippen LogP contribution in [-0.4, -0.2) is 36.0 Å². The van der Waals surface area contributed by atoms with E-state index in [1.54, 1.807) is 11.3 Å². The Morgan fingerprint density at radius 3 is 2.89 bits per heavy atom. The third-order valence-electron chi connectivity index (χ3n) is 2.73. The van der Waals surface area contributed by atoms with E-state index in [1.807, 2.05) is 12.3 Å². The fourth-order valence-corrected chi connectivity index (χ4v) is 2.34. The smallest absolute Gasteiger partial charge is 0.0897 e. The fraction of sp³-hybridized carbons (Fsp3) is 0.786. The van der Waals surface area contributed by atoms with Gasteiger partial charge in [-0.3, -0.25) is 0 Å². The van der Waals surface area contributed by atoms with E-state index in [2.05, 4.69) is 24.1 Å². The lowest BCUT2D eigenvalue weighted by molar-refractivity contribution is 0.0346. The van der Waals surface area contributed by atoms with E-state index in [9.17, 15) is 5.11 Å². The Kier molecular flexibility index (Phi) is 8.21. The first-order valence-electron chi connectivity index (χ1n) is 6.95. The Labute approximate surface area is 120 Å². The van der Waals surface area contributed by atoms with Gasteiger partial charge >= 0.3 is 0 Å². The van der Waals surface area contributed by atoms with Crippen LogP contribution in [0.3, 0.4) is 0 Å². The number of thiazole rings is 1. The number of ether oxygens (including phenoxy) is 1. The molecule has 1 unspecified atom stereocenters. The second-order valence-corrected chi connectivity index (χ2v) is 6.32. The van der Waals surface area contributed by atoms with Crippen LogP contribution in [0.15, 0.2) is 5.38 Å². The van der Waals surface area contributed by atoms with E-state index in [-0.39, 0.29) is 0 Å². The molecular weight excluding hydrogens is 260 g/mol. The zero-order valence-corrected chi connectivity index (χ0v) is 13.0. The molecule has 0 aliphatic carbocycles. The first-order chi connectivity index (χ1) is 9.08. The summed E-state index contributed by atoms with van der Waals surface area (Å²) in [6.45, 7) is 8.79. The zero-order valence-electron chi connectivity index (χ0n) is 12.2. The van der Waals surface area contributed by atoms with Crippen molar-refractivity contribution in [1.82, 2.24) is 10.3 Å². The third-order valence-corrected chi connectivity index (χ3v) is 3.56. The minimum Gasteiger partial charge on any atom is -0.389 e. The van der Waals surface area contributed by atoms with Crippen LogP contribution in [0.25, 0.3) is 0 Å². The van der Waals surface area contributed by atoms with Gasteiger partial charge < -0.3 is 15.2 Å². The number of hydrogen-bond donors (Lipinski definition) is 2. The van der Waals surface area contributed by atoms with Crippen LogP contribution < -0.4 is 5.32 Å².